The molecule has 0 amide bonds. The van der Waals surface area contributed by atoms with Gasteiger partial charge in [-0.05, 0) is 24.6 Å². The lowest BCUT2D eigenvalue weighted by atomic mass is 10.00. The van der Waals surface area contributed by atoms with Gasteiger partial charge in [0.2, 0.25) is 5.43 Å². The van der Waals surface area contributed by atoms with E-state index >= 15 is 0 Å². The molecule has 130 valence electrons. The summed E-state index contributed by atoms with van der Waals surface area (Å²) in [4.78, 5) is 24.5. The van der Waals surface area contributed by atoms with Gasteiger partial charge in [0.05, 0.1) is 22.0 Å². The van der Waals surface area contributed by atoms with Crippen molar-refractivity contribution in [1.29, 1.82) is 5.26 Å². The number of halogens is 1. The molecule has 0 bridgehead atoms. The molecule has 1 N–H and O–H groups in total. The molecule has 4 rings (SSSR count). The van der Waals surface area contributed by atoms with Gasteiger partial charge in [0.1, 0.15) is 6.07 Å². The lowest BCUT2D eigenvalue weighted by Crippen LogP contribution is -2.07. The molecule has 0 aliphatic carbocycles. The van der Waals surface area contributed by atoms with Crippen LogP contribution in [-0.2, 0) is 0 Å². The summed E-state index contributed by atoms with van der Waals surface area (Å²) in [5, 5.41) is 9.61. The van der Waals surface area contributed by atoms with E-state index in [2.05, 4.69) is 21.0 Å². The van der Waals surface area contributed by atoms with E-state index in [1.54, 1.807) is 12.3 Å². The SMILES string of the molecule is Cc1cc(-c2nc3c(=O)cc[nH]c3nc2-c2ccccc2)cc(Cl)c1C#N. The van der Waals surface area contributed by atoms with Crippen LogP contribution in [0.5, 0.6) is 0 Å². The number of hydrogen-bond donors (Lipinski definition) is 1. The first kappa shape index (κ1) is 17.0. The Labute approximate surface area is 159 Å². The van der Waals surface area contributed by atoms with Crippen molar-refractivity contribution in [3.8, 4) is 28.6 Å². The fourth-order valence-electron chi connectivity index (χ4n) is 3.00. The fourth-order valence-corrected chi connectivity index (χ4v) is 3.31. The van der Waals surface area contributed by atoms with Crippen molar-refractivity contribution < 1.29 is 0 Å². The number of nitriles is 1. The summed E-state index contributed by atoms with van der Waals surface area (Å²) in [5.74, 6) is 0. The highest BCUT2D eigenvalue weighted by atomic mass is 35.5. The largest absolute Gasteiger partial charge is 0.345 e. The van der Waals surface area contributed by atoms with E-state index in [1.807, 2.05) is 43.3 Å². The summed E-state index contributed by atoms with van der Waals surface area (Å²) in [6.07, 6.45) is 1.55. The Kier molecular flexibility index (Phi) is 4.19. The number of rotatable bonds is 2. The number of hydrogen-bond acceptors (Lipinski definition) is 4. The first-order chi connectivity index (χ1) is 13.1. The Balaban J connectivity index is 2.09. The van der Waals surface area contributed by atoms with Crippen LogP contribution in [0.15, 0.2) is 59.5 Å². The minimum atomic E-state index is -0.214. The molecule has 0 aliphatic heterocycles. The van der Waals surface area contributed by atoms with Crippen molar-refractivity contribution in [2.24, 2.45) is 0 Å². The highest BCUT2D eigenvalue weighted by Gasteiger charge is 2.17. The number of nitrogens with one attached hydrogen (secondary N) is 1. The third-order valence-corrected chi connectivity index (χ3v) is 4.60. The number of pyridine rings is 1. The molecule has 0 aliphatic rings. The summed E-state index contributed by atoms with van der Waals surface area (Å²) < 4.78 is 0. The summed E-state index contributed by atoms with van der Waals surface area (Å²) in [6, 6.07) is 16.6. The Morgan fingerprint density at radius 3 is 2.48 bits per heavy atom. The van der Waals surface area contributed by atoms with Gasteiger partial charge in [-0.2, -0.15) is 5.26 Å². The molecule has 2 heterocycles. The van der Waals surface area contributed by atoms with Crippen LogP contribution in [0.4, 0.5) is 0 Å². The number of nitrogens with zero attached hydrogens (tertiary/aromatic N) is 3. The lowest BCUT2D eigenvalue weighted by Gasteiger charge is -2.12. The molecule has 0 unspecified atom stereocenters. The van der Waals surface area contributed by atoms with Crippen LogP contribution < -0.4 is 5.43 Å². The van der Waals surface area contributed by atoms with Crippen LogP contribution >= 0.6 is 11.6 Å². The highest BCUT2D eigenvalue weighted by molar-refractivity contribution is 6.32. The van der Waals surface area contributed by atoms with Gasteiger partial charge in [0.25, 0.3) is 0 Å². The van der Waals surface area contributed by atoms with E-state index in [1.165, 1.54) is 6.07 Å². The zero-order valence-corrected chi connectivity index (χ0v) is 15.1. The molecule has 0 radical (unpaired) electrons. The maximum Gasteiger partial charge on any atom is 0.209 e. The standard InChI is InChI=1S/C21H13ClN4O/c1-12-9-14(10-16(22)15(12)11-23)19-18(13-5-3-2-4-6-13)26-21-20(25-19)17(27)7-8-24-21/h2-10H,1H3,(H,24,26,27). The van der Waals surface area contributed by atoms with Gasteiger partial charge in [-0.1, -0.05) is 41.9 Å². The Morgan fingerprint density at radius 2 is 1.78 bits per heavy atom. The van der Waals surface area contributed by atoms with E-state index in [9.17, 15) is 10.1 Å². The zero-order chi connectivity index (χ0) is 19.0. The smallest absolute Gasteiger partial charge is 0.209 e. The van der Waals surface area contributed by atoms with Gasteiger partial charge in [0, 0.05) is 23.4 Å². The molecular formula is C21H13ClN4O. The number of aromatic amines is 1. The van der Waals surface area contributed by atoms with E-state index in [-0.39, 0.29) is 10.9 Å². The molecule has 0 fully saturated rings. The summed E-state index contributed by atoms with van der Waals surface area (Å²) >= 11 is 6.29. The van der Waals surface area contributed by atoms with E-state index in [4.69, 9.17) is 11.6 Å². The predicted molar refractivity (Wildman–Crippen MR) is 105 cm³/mol. The molecule has 5 nitrogen and oxygen atoms in total. The maximum atomic E-state index is 12.3. The first-order valence-electron chi connectivity index (χ1n) is 8.24. The molecule has 2 aromatic heterocycles. The van der Waals surface area contributed by atoms with Gasteiger partial charge >= 0.3 is 0 Å². The molecule has 0 spiro atoms. The lowest BCUT2D eigenvalue weighted by molar-refractivity contribution is 1.21. The number of fused-ring (bicyclic) bond motifs is 1. The Morgan fingerprint density at radius 1 is 1.04 bits per heavy atom. The van der Waals surface area contributed by atoms with Crippen molar-refractivity contribution in [3.63, 3.8) is 0 Å². The monoisotopic (exact) mass is 372 g/mol. The number of H-pyrrole nitrogens is 1. The van der Waals surface area contributed by atoms with Crippen LogP contribution in [0, 0.1) is 18.3 Å². The summed E-state index contributed by atoms with van der Waals surface area (Å²) in [7, 11) is 0. The third-order valence-electron chi connectivity index (χ3n) is 4.30. The van der Waals surface area contributed by atoms with Gasteiger partial charge in [0.15, 0.2) is 11.2 Å². The number of aryl methyl sites for hydroxylation is 1. The molecule has 0 atom stereocenters. The van der Waals surface area contributed by atoms with Gasteiger partial charge in [-0.15, -0.1) is 0 Å². The molecule has 6 heteroatoms. The topological polar surface area (TPSA) is 82.4 Å². The quantitative estimate of drug-likeness (QED) is 0.562. The van der Waals surface area contributed by atoms with Gasteiger partial charge in [-0.25, -0.2) is 9.97 Å². The molecule has 27 heavy (non-hydrogen) atoms. The first-order valence-corrected chi connectivity index (χ1v) is 8.62. The number of aromatic nitrogens is 3. The molecule has 4 aromatic rings. The van der Waals surface area contributed by atoms with E-state index < -0.39 is 0 Å². The highest BCUT2D eigenvalue weighted by Crippen LogP contribution is 2.33. The normalized spacial score (nSPS) is 10.7. The average molecular weight is 373 g/mol. The minimum Gasteiger partial charge on any atom is -0.345 e. The van der Waals surface area contributed by atoms with Crippen molar-refractivity contribution in [3.05, 3.63) is 81.1 Å². The maximum absolute atomic E-state index is 12.3. The summed E-state index contributed by atoms with van der Waals surface area (Å²) in [6.45, 7) is 1.82. The Bertz CT molecular complexity index is 1250. The van der Waals surface area contributed by atoms with E-state index in [0.29, 0.717) is 33.2 Å². The molecule has 2 aromatic carbocycles. The van der Waals surface area contributed by atoms with Crippen molar-refractivity contribution in [2.75, 3.05) is 0 Å². The van der Waals surface area contributed by atoms with Crippen LogP contribution in [0.3, 0.4) is 0 Å². The molecule has 0 saturated heterocycles. The second-order valence-corrected chi connectivity index (χ2v) is 6.49. The van der Waals surface area contributed by atoms with Gasteiger partial charge < -0.3 is 4.98 Å². The summed E-state index contributed by atoms with van der Waals surface area (Å²) in [5.41, 5.74) is 4.36. The zero-order valence-electron chi connectivity index (χ0n) is 14.3. The predicted octanol–water partition coefficient (Wildman–Crippen LogP) is 4.49. The van der Waals surface area contributed by atoms with Crippen molar-refractivity contribution >= 4 is 22.8 Å². The fraction of sp³-hybridized carbons (Fsp3) is 0.0476. The third kappa shape index (κ3) is 2.97. The van der Waals surface area contributed by atoms with Crippen molar-refractivity contribution in [2.45, 2.75) is 6.92 Å². The van der Waals surface area contributed by atoms with Crippen LogP contribution in [0.2, 0.25) is 5.02 Å². The van der Waals surface area contributed by atoms with E-state index in [0.717, 1.165) is 11.1 Å². The number of benzene rings is 2. The second kappa shape index (κ2) is 6.67. The molecular weight excluding hydrogens is 360 g/mol. The second-order valence-electron chi connectivity index (χ2n) is 6.09. The van der Waals surface area contributed by atoms with Crippen molar-refractivity contribution in [1.82, 2.24) is 15.0 Å². The van der Waals surface area contributed by atoms with Crippen LogP contribution in [-0.4, -0.2) is 15.0 Å². The minimum absolute atomic E-state index is 0.214. The molecule has 0 saturated carbocycles. The van der Waals surface area contributed by atoms with Gasteiger partial charge in [-0.3, -0.25) is 4.79 Å². The Hall–Kier alpha value is -3.49. The average Bonchev–Trinajstić information content (AvgIpc) is 2.68. The van der Waals surface area contributed by atoms with Crippen LogP contribution in [0.1, 0.15) is 11.1 Å². The van der Waals surface area contributed by atoms with Crippen LogP contribution in [0.25, 0.3) is 33.7 Å².